The van der Waals surface area contributed by atoms with Gasteiger partial charge in [0.05, 0.1) is 0 Å². The first kappa shape index (κ1) is 19.1. The third-order valence-corrected chi connectivity index (χ3v) is 5.24. The SMILES string of the molecule is CCNC(=NCc1nnc2n1CCC2)NCC1(c2ccccc2)CC1.I. The number of halogens is 1. The number of hydrogen-bond donors (Lipinski definition) is 2. The molecule has 2 N–H and O–H groups in total. The summed E-state index contributed by atoms with van der Waals surface area (Å²) in [6.07, 6.45) is 4.68. The zero-order chi connectivity index (χ0) is 17.1. The number of nitrogens with zero attached hydrogens (tertiary/aromatic N) is 4. The molecule has 140 valence electrons. The molecule has 0 bridgehead atoms. The summed E-state index contributed by atoms with van der Waals surface area (Å²) < 4.78 is 2.21. The molecule has 6 nitrogen and oxygen atoms in total. The predicted molar refractivity (Wildman–Crippen MR) is 114 cm³/mol. The van der Waals surface area contributed by atoms with Gasteiger partial charge in [0.15, 0.2) is 11.8 Å². The molecular formula is C19H27IN6. The molecule has 2 heterocycles. The van der Waals surface area contributed by atoms with E-state index in [4.69, 9.17) is 4.99 Å². The molecule has 4 rings (SSSR count). The van der Waals surface area contributed by atoms with Gasteiger partial charge in [-0.1, -0.05) is 30.3 Å². The van der Waals surface area contributed by atoms with E-state index in [9.17, 15) is 0 Å². The third-order valence-electron chi connectivity index (χ3n) is 5.24. The van der Waals surface area contributed by atoms with Crippen molar-refractivity contribution in [1.82, 2.24) is 25.4 Å². The number of aliphatic imine (C=N–C) groups is 1. The van der Waals surface area contributed by atoms with Crippen molar-refractivity contribution < 1.29 is 0 Å². The van der Waals surface area contributed by atoms with Crippen molar-refractivity contribution in [3.63, 3.8) is 0 Å². The largest absolute Gasteiger partial charge is 0.357 e. The van der Waals surface area contributed by atoms with Gasteiger partial charge in [0.1, 0.15) is 12.4 Å². The molecule has 1 aromatic carbocycles. The second kappa shape index (κ2) is 8.37. The highest BCUT2D eigenvalue weighted by Crippen LogP contribution is 2.47. The molecule has 0 spiro atoms. The molecule has 2 aliphatic rings. The van der Waals surface area contributed by atoms with E-state index < -0.39 is 0 Å². The lowest BCUT2D eigenvalue weighted by Crippen LogP contribution is -2.41. The van der Waals surface area contributed by atoms with Crippen LogP contribution >= 0.6 is 24.0 Å². The predicted octanol–water partition coefficient (Wildman–Crippen LogP) is 2.63. The smallest absolute Gasteiger partial charge is 0.191 e. The second-order valence-electron chi connectivity index (χ2n) is 6.98. The van der Waals surface area contributed by atoms with Gasteiger partial charge in [-0.2, -0.15) is 0 Å². The maximum Gasteiger partial charge on any atom is 0.191 e. The number of benzene rings is 1. The number of rotatable bonds is 6. The fraction of sp³-hybridized carbons (Fsp3) is 0.526. The number of aryl methyl sites for hydroxylation is 1. The van der Waals surface area contributed by atoms with Crippen LogP contribution < -0.4 is 10.6 Å². The molecule has 1 aromatic heterocycles. The van der Waals surface area contributed by atoms with Crippen LogP contribution in [0.3, 0.4) is 0 Å². The second-order valence-corrected chi connectivity index (χ2v) is 6.98. The highest BCUT2D eigenvalue weighted by Gasteiger charge is 2.44. The summed E-state index contributed by atoms with van der Waals surface area (Å²) in [5.74, 6) is 2.93. The third kappa shape index (κ3) is 4.02. The number of guanidine groups is 1. The average molecular weight is 466 g/mol. The number of fused-ring (bicyclic) bond motifs is 1. The van der Waals surface area contributed by atoms with E-state index in [2.05, 4.69) is 62.7 Å². The highest BCUT2D eigenvalue weighted by atomic mass is 127. The minimum Gasteiger partial charge on any atom is -0.357 e. The van der Waals surface area contributed by atoms with Crippen molar-refractivity contribution in [3.8, 4) is 0 Å². The van der Waals surface area contributed by atoms with Crippen LogP contribution in [0.15, 0.2) is 35.3 Å². The molecule has 0 amide bonds. The molecule has 0 unspecified atom stereocenters. The molecule has 1 aliphatic carbocycles. The Labute approximate surface area is 171 Å². The Morgan fingerprint density at radius 2 is 2.00 bits per heavy atom. The zero-order valence-electron chi connectivity index (χ0n) is 15.2. The van der Waals surface area contributed by atoms with Gasteiger partial charge in [-0.05, 0) is 31.7 Å². The van der Waals surface area contributed by atoms with Gasteiger partial charge in [-0.25, -0.2) is 4.99 Å². The fourth-order valence-corrected chi connectivity index (χ4v) is 3.58. The van der Waals surface area contributed by atoms with Crippen molar-refractivity contribution in [1.29, 1.82) is 0 Å². The maximum absolute atomic E-state index is 4.73. The minimum atomic E-state index is 0. The van der Waals surface area contributed by atoms with Crippen LogP contribution in [0.5, 0.6) is 0 Å². The first-order chi connectivity index (χ1) is 12.3. The Hall–Kier alpha value is -1.64. The molecule has 7 heteroatoms. The Bertz CT molecular complexity index is 751. The summed E-state index contributed by atoms with van der Waals surface area (Å²) in [6.45, 7) is 5.45. The lowest BCUT2D eigenvalue weighted by molar-refractivity contribution is 0.642. The Kier molecular flexibility index (Phi) is 6.16. The van der Waals surface area contributed by atoms with Crippen molar-refractivity contribution in [2.24, 2.45) is 4.99 Å². The standard InChI is InChI=1S/C19H26N6.HI/c1-2-20-18(21-13-17-24-23-16-9-6-12-25(16)17)22-14-19(10-11-19)15-7-4-3-5-8-15;/h3-5,7-8H,2,6,9-14H2,1H3,(H2,20,21,22);1H. The lowest BCUT2D eigenvalue weighted by Gasteiger charge is -2.19. The molecule has 0 atom stereocenters. The normalized spacial score (nSPS) is 17.3. The Morgan fingerprint density at radius 1 is 1.19 bits per heavy atom. The first-order valence-corrected chi connectivity index (χ1v) is 9.29. The quantitative estimate of drug-likeness (QED) is 0.390. The van der Waals surface area contributed by atoms with Crippen molar-refractivity contribution in [3.05, 3.63) is 47.5 Å². The Morgan fingerprint density at radius 3 is 2.73 bits per heavy atom. The van der Waals surface area contributed by atoms with Crippen LogP contribution in [0.2, 0.25) is 0 Å². The maximum atomic E-state index is 4.73. The number of nitrogens with one attached hydrogen (secondary N) is 2. The molecule has 0 radical (unpaired) electrons. The lowest BCUT2D eigenvalue weighted by atomic mass is 9.96. The minimum absolute atomic E-state index is 0. The van der Waals surface area contributed by atoms with E-state index in [0.717, 1.165) is 43.7 Å². The fourth-order valence-electron chi connectivity index (χ4n) is 3.58. The molecule has 2 aromatic rings. The molecule has 1 saturated carbocycles. The van der Waals surface area contributed by atoms with Crippen molar-refractivity contribution in [2.75, 3.05) is 13.1 Å². The monoisotopic (exact) mass is 466 g/mol. The van der Waals surface area contributed by atoms with Crippen LogP contribution in [0.4, 0.5) is 0 Å². The van der Waals surface area contributed by atoms with E-state index in [1.165, 1.54) is 24.8 Å². The summed E-state index contributed by atoms with van der Waals surface area (Å²) in [6, 6.07) is 10.8. The molecule has 0 saturated heterocycles. The van der Waals surface area contributed by atoms with Crippen LogP contribution in [0, 0.1) is 0 Å². The summed E-state index contributed by atoms with van der Waals surface area (Å²) in [5, 5.41) is 15.4. The van der Waals surface area contributed by atoms with E-state index in [0.29, 0.717) is 6.54 Å². The van der Waals surface area contributed by atoms with Crippen molar-refractivity contribution in [2.45, 2.75) is 51.1 Å². The van der Waals surface area contributed by atoms with Crippen LogP contribution in [-0.4, -0.2) is 33.8 Å². The molecule has 26 heavy (non-hydrogen) atoms. The summed E-state index contributed by atoms with van der Waals surface area (Å²) in [7, 11) is 0. The van der Waals surface area contributed by atoms with Crippen LogP contribution in [-0.2, 0) is 24.9 Å². The molecule has 1 fully saturated rings. The van der Waals surface area contributed by atoms with Gasteiger partial charge in [0, 0.05) is 31.5 Å². The summed E-state index contributed by atoms with van der Waals surface area (Å²) in [4.78, 5) is 4.73. The van der Waals surface area contributed by atoms with Gasteiger partial charge in [0.25, 0.3) is 0 Å². The average Bonchev–Trinajstić information content (AvgIpc) is 3.12. The first-order valence-electron chi connectivity index (χ1n) is 9.29. The highest BCUT2D eigenvalue weighted by molar-refractivity contribution is 14.0. The topological polar surface area (TPSA) is 67.1 Å². The summed E-state index contributed by atoms with van der Waals surface area (Å²) >= 11 is 0. The van der Waals surface area contributed by atoms with Crippen LogP contribution in [0.25, 0.3) is 0 Å². The molecule has 1 aliphatic heterocycles. The number of hydrogen-bond acceptors (Lipinski definition) is 3. The van der Waals surface area contributed by atoms with E-state index in [1.807, 2.05) is 0 Å². The van der Waals surface area contributed by atoms with E-state index in [1.54, 1.807) is 0 Å². The Balaban J connectivity index is 0.00000196. The van der Waals surface area contributed by atoms with Gasteiger partial charge in [-0.15, -0.1) is 34.2 Å². The van der Waals surface area contributed by atoms with Gasteiger partial charge < -0.3 is 15.2 Å². The van der Waals surface area contributed by atoms with E-state index in [-0.39, 0.29) is 29.4 Å². The van der Waals surface area contributed by atoms with Gasteiger partial charge in [-0.3, -0.25) is 0 Å². The zero-order valence-corrected chi connectivity index (χ0v) is 17.6. The van der Waals surface area contributed by atoms with Crippen molar-refractivity contribution >= 4 is 29.9 Å². The van der Waals surface area contributed by atoms with Gasteiger partial charge in [0.2, 0.25) is 0 Å². The summed E-state index contributed by atoms with van der Waals surface area (Å²) in [5.41, 5.74) is 1.70. The molecular weight excluding hydrogens is 439 g/mol. The van der Waals surface area contributed by atoms with E-state index >= 15 is 0 Å². The van der Waals surface area contributed by atoms with Gasteiger partial charge >= 0.3 is 0 Å². The number of aromatic nitrogens is 3. The van der Waals surface area contributed by atoms with Crippen LogP contribution in [0.1, 0.15) is 43.4 Å².